The Morgan fingerprint density at radius 3 is 1.34 bits per heavy atom. The van der Waals surface area contributed by atoms with Gasteiger partial charge in [-0.1, -0.05) is 21.6 Å². The molecule has 182 valence electrons. The standard InChI is InChI=1S/C16H26N4O10S2/c17-7(13(23)24)1-3-11(21)20(12(22)4-2-8(18)14(25)26)10(16(29)30)6-32-31-5-9(19)15(27)28/h7-10H,1-6,17-19H2,(H,23,24)(H,25,26)(H,27,28)(H,29,30)/t7-,8-,9-,10-/m0/s1. The molecule has 0 rings (SSSR count). The third-order valence-corrected chi connectivity index (χ3v) is 6.41. The molecule has 0 aromatic rings. The van der Waals surface area contributed by atoms with E-state index in [1.807, 2.05) is 0 Å². The van der Waals surface area contributed by atoms with Gasteiger partial charge in [-0.25, -0.2) is 4.79 Å². The molecule has 0 unspecified atom stereocenters. The summed E-state index contributed by atoms with van der Waals surface area (Å²) in [7, 11) is 1.79. The zero-order chi connectivity index (χ0) is 25.0. The van der Waals surface area contributed by atoms with Crippen LogP contribution in [0.1, 0.15) is 25.7 Å². The van der Waals surface area contributed by atoms with Crippen LogP contribution < -0.4 is 17.2 Å². The maximum Gasteiger partial charge on any atom is 0.327 e. The van der Waals surface area contributed by atoms with Crippen LogP contribution in [-0.4, -0.2) is 96.7 Å². The highest BCUT2D eigenvalue weighted by Crippen LogP contribution is 2.25. The number of carbonyl (C=O) groups is 6. The van der Waals surface area contributed by atoms with Crippen molar-refractivity contribution in [3.63, 3.8) is 0 Å². The molecule has 0 saturated carbocycles. The van der Waals surface area contributed by atoms with Crippen molar-refractivity contribution in [2.24, 2.45) is 17.2 Å². The van der Waals surface area contributed by atoms with E-state index in [9.17, 15) is 33.9 Å². The number of rotatable bonds is 16. The summed E-state index contributed by atoms with van der Waals surface area (Å²) in [6, 6.07) is -5.72. The lowest BCUT2D eigenvalue weighted by Gasteiger charge is -2.27. The number of amides is 2. The van der Waals surface area contributed by atoms with Crippen molar-refractivity contribution in [3.05, 3.63) is 0 Å². The Labute approximate surface area is 190 Å². The topological polar surface area (TPSA) is 265 Å². The molecule has 0 aromatic heterocycles. The minimum Gasteiger partial charge on any atom is -0.480 e. The van der Waals surface area contributed by atoms with Crippen LogP contribution in [0, 0.1) is 0 Å². The van der Waals surface area contributed by atoms with Gasteiger partial charge in [0.05, 0.1) is 0 Å². The predicted octanol–water partition coefficient (Wildman–Crippen LogP) is -2.03. The highest BCUT2D eigenvalue weighted by Gasteiger charge is 2.35. The molecule has 32 heavy (non-hydrogen) atoms. The molecule has 10 N–H and O–H groups in total. The maximum absolute atomic E-state index is 12.6. The molecular formula is C16H26N4O10S2. The van der Waals surface area contributed by atoms with E-state index in [0.717, 1.165) is 21.6 Å². The van der Waals surface area contributed by atoms with Gasteiger partial charge in [0, 0.05) is 24.3 Å². The third-order valence-electron chi connectivity index (χ3n) is 3.98. The predicted molar refractivity (Wildman–Crippen MR) is 113 cm³/mol. The fourth-order valence-corrected chi connectivity index (χ4v) is 4.40. The number of nitrogens with two attached hydrogens (primary N) is 3. The normalized spacial score (nSPS) is 14.6. The van der Waals surface area contributed by atoms with Gasteiger partial charge in [-0.2, -0.15) is 0 Å². The first kappa shape index (κ1) is 29.6. The SMILES string of the molecule is N[C@@H](CCC(=O)N(C(=O)CC[C@H](N)C(=O)O)[C@@H](CSSC[C@H](N)C(=O)O)C(=O)O)C(=O)O. The van der Waals surface area contributed by atoms with Crippen molar-refractivity contribution in [3.8, 4) is 0 Å². The van der Waals surface area contributed by atoms with Crippen molar-refractivity contribution in [1.29, 1.82) is 0 Å². The molecular weight excluding hydrogens is 472 g/mol. The molecule has 0 spiro atoms. The van der Waals surface area contributed by atoms with Gasteiger partial charge in [0.1, 0.15) is 24.2 Å². The van der Waals surface area contributed by atoms with E-state index < -0.39 is 72.7 Å². The van der Waals surface area contributed by atoms with E-state index in [1.165, 1.54) is 0 Å². The molecule has 0 fully saturated rings. The van der Waals surface area contributed by atoms with Crippen LogP contribution in [-0.2, 0) is 28.8 Å². The van der Waals surface area contributed by atoms with E-state index in [4.69, 9.17) is 32.5 Å². The van der Waals surface area contributed by atoms with E-state index in [2.05, 4.69) is 0 Å². The smallest absolute Gasteiger partial charge is 0.327 e. The van der Waals surface area contributed by atoms with Crippen LogP contribution in [0.5, 0.6) is 0 Å². The number of carboxylic acid groups (broad SMARTS) is 4. The minimum atomic E-state index is -1.68. The molecule has 0 aliphatic heterocycles. The number of aliphatic carboxylic acids is 4. The summed E-state index contributed by atoms with van der Waals surface area (Å²) >= 11 is 0. The minimum absolute atomic E-state index is 0.0742. The molecule has 0 aliphatic rings. The first-order valence-electron chi connectivity index (χ1n) is 9.06. The molecule has 2 amide bonds. The van der Waals surface area contributed by atoms with Crippen molar-refractivity contribution in [1.82, 2.24) is 4.90 Å². The molecule has 0 aromatic carbocycles. The van der Waals surface area contributed by atoms with Crippen LogP contribution in [0.3, 0.4) is 0 Å². The van der Waals surface area contributed by atoms with Crippen LogP contribution in [0.15, 0.2) is 0 Å². The van der Waals surface area contributed by atoms with Gasteiger partial charge in [-0.15, -0.1) is 0 Å². The summed E-state index contributed by atoms with van der Waals surface area (Å²) in [6.07, 6.45) is -1.83. The van der Waals surface area contributed by atoms with Crippen LogP contribution in [0.25, 0.3) is 0 Å². The van der Waals surface area contributed by atoms with Crippen LogP contribution >= 0.6 is 21.6 Å². The molecule has 0 heterocycles. The van der Waals surface area contributed by atoms with Crippen molar-refractivity contribution < 1.29 is 49.2 Å². The van der Waals surface area contributed by atoms with E-state index in [-0.39, 0.29) is 24.3 Å². The Bertz CT molecular complexity index is 687. The first-order chi connectivity index (χ1) is 14.8. The summed E-state index contributed by atoms with van der Waals surface area (Å²) in [5.41, 5.74) is 16.0. The van der Waals surface area contributed by atoms with Gasteiger partial charge >= 0.3 is 23.9 Å². The molecule has 0 aliphatic carbocycles. The summed E-state index contributed by atoms with van der Waals surface area (Å²) < 4.78 is 0. The quantitative estimate of drug-likeness (QED) is 0.0893. The van der Waals surface area contributed by atoms with Gasteiger partial charge in [0.2, 0.25) is 11.8 Å². The zero-order valence-electron chi connectivity index (χ0n) is 16.8. The second kappa shape index (κ2) is 14.6. The van der Waals surface area contributed by atoms with Gasteiger partial charge in [-0.3, -0.25) is 28.9 Å². The van der Waals surface area contributed by atoms with Gasteiger partial charge in [-0.05, 0) is 12.8 Å². The number of carboxylic acids is 4. The lowest BCUT2D eigenvalue weighted by molar-refractivity contribution is -0.157. The third kappa shape index (κ3) is 10.8. The fourth-order valence-electron chi connectivity index (χ4n) is 2.09. The second-order valence-corrected chi connectivity index (χ2v) is 9.04. The van der Waals surface area contributed by atoms with Crippen LogP contribution in [0.2, 0.25) is 0 Å². The Hall–Kier alpha value is -2.40. The Morgan fingerprint density at radius 2 is 1.00 bits per heavy atom. The number of hydrogen-bond acceptors (Lipinski definition) is 11. The molecule has 0 saturated heterocycles. The second-order valence-electron chi connectivity index (χ2n) is 6.49. The van der Waals surface area contributed by atoms with Gasteiger partial charge < -0.3 is 37.6 Å². The number of hydrogen-bond donors (Lipinski definition) is 7. The average Bonchev–Trinajstić information content (AvgIpc) is 2.70. The monoisotopic (exact) mass is 498 g/mol. The Kier molecular flexibility index (Phi) is 13.5. The largest absolute Gasteiger partial charge is 0.480 e. The number of nitrogens with zero attached hydrogens (tertiary/aromatic N) is 1. The fraction of sp³-hybridized carbons (Fsp3) is 0.625. The highest BCUT2D eigenvalue weighted by molar-refractivity contribution is 8.76. The molecule has 0 radical (unpaired) electrons. The molecule has 4 atom stereocenters. The van der Waals surface area contributed by atoms with E-state index in [1.54, 1.807) is 0 Å². The molecule has 16 heteroatoms. The summed E-state index contributed by atoms with van der Waals surface area (Å²) in [5, 5.41) is 36.0. The molecule has 0 bridgehead atoms. The highest BCUT2D eigenvalue weighted by atomic mass is 33.1. The van der Waals surface area contributed by atoms with Crippen LogP contribution in [0.4, 0.5) is 0 Å². The number of carbonyl (C=O) groups excluding carboxylic acids is 2. The lowest BCUT2D eigenvalue weighted by Crippen LogP contribution is -2.50. The van der Waals surface area contributed by atoms with Crippen molar-refractivity contribution in [2.45, 2.75) is 49.9 Å². The maximum atomic E-state index is 12.6. The van der Waals surface area contributed by atoms with Gasteiger partial charge in [0.15, 0.2) is 0 Å². The average molecular weight is 499 g/mol. The number of imide groups is 1. The summed E-state index contributed by atoms with van der Waals surface area (Å²) in [6.45, 7) is 0. The van der Waals surface area contributed by atoms with E-state index in [0.29, 0.717) is 4.90 Å². The summed E-state index contributed by atoms with van der Waals surface area (Å²) in [5.74, 6) is -8.00. The summed E-state index contributed by atoms with van der Waals surface area (Å²) in [4.78, 5) is 69.8. The van der Waals surface area contributed by atoms with Gasteiger partial charge in [0.25, 0.3) is 0 Å². The Morgan fingerprint density at radius 1 is 0.625 bits per heavy atom. The lowest BCUT2D eigenvalue weighted by atomic mass is 10.1. The van der Waals surface area contributed by atoms with Crippen molar-refractivity contribution >= 4 is 57.3 Å². The van der Waals surface area contributed by atoms with Crippen molar-refractivity contribution in [2.75, 3.05) is 11.5 Å². The zero-order valence-corrected chi connectivity index (χ0v) is 18.4. The first-order valence-corrected chi connectivity index (χ1v) is 11.6. The molecule has 14 nitrogen and oxygen atoms in total. The Balaban J connectivity index is 5.41. The van der Waals surface area contributed by atoms with E-state index >= 15 is 0 Å².